The lowest BCUT2D eigenvalue weighted by atomic mass is 10.2. The Kier molecular flexibility index (Phi) is 9.05. The Morgan fingerprint density at radius 2 is 1.86 bits per heavy atom. The zero-order valence-electron chi connectivity index (χ0n) is 12.3. The van der Waals surface area contributed by atoms with Crippen LogP contribution in [0.15, 0.2) is 35.2 Å². The highest BCUT2D eigenvalue weighted by molar-refractivity contribution is 7.88. The molecule has 0 fully saturated rings. The van der Waals surface area contributed by atoms with Crippen molar-refractivity contribution in [3.05, 3.63) is 30.3 Å². The van der Waals surface area contributed by atoms with Crippen LogP contribution < -0.4 is 0 Å². The van der Waals surface area contributed by atoms with E-state index in [1.807, 2.05) is 6.07 Å². The molecule has 0 heterocycles. The van der Waals surface area contributed by atoms with Crippen LogP contribution in [0.5, 0.6) is 0 Å². The smallest absolute Gasteiger partial charge is 0.171 e. The molecule has 114 valence electrons. The molecule has 1 rings (SSSR count). The monoisotopic (exact) mass is 324 g/mol. The quantitative estimate of drug-likeness (QED) is 0.406. The third-order valence-electron chi connectivity index (χ3n) is 2.94. The highest BCUT2D eigenvalue weighted by atomic mass is 35.5. The first-order chi connectivity index (χ1) is 10.2. The summed E-state index contributed by atoms with van der Waals surface area (Å²) in [5.41, 5.74) is 0. The summed E-state index contributed by atoms with van der Waals surface area (Å²) in [4.78, 5) is 12.5. The van der Waals surface area contributed by atoms with Crippen LogP contribution >= 0.6 is 11.6 Å². The first-order valence-electron chi connectivity index (χ1n) is 7.25. The molecule has 21 heavy (non-hydrogen) atoms. The van der Waals surface area contributed by atoms with E-state index in [-0.39, 0.29) is 12.2 Å². The van der Waals surface area contributed by atoms with Gasteiger partial charge in [0.2, 0.25) is 0 Å². The van der Waals surface area contributed by atoms with Gasteiger partial charge in [0.1, 0.15) is 0 Å². The molecule has 0 aromatic heterocycles. The predicted octanol–water partition coefficient (Wildman–Crippen LogP) is 4.29. The van der Waals surface area contributed by atoms with Gasteiger partial charge < -0.3 is 0 Å². The largest absolute Gasteiger partial charge is 0.297 e. The second-order valence-corrected chi connectivity index (χ2v) is 6.94. The van der Waals surface area contributed by atoms with Gasteiger partial charge in [-0.25, -0.2) is 0 Å². The SMILES string of the molecule is CCCCCC#CCCC(=O)C(Cl)S(=O)c1ccccc1. The van der Waals surface area contributed by atoms with Gasteiger partial charge in [-0.15, -0.1) is 11.8 Å². The Hall–Kier alpha value is -1.11. The average Bonchev–Trinajstić information content (AvgIpc) is 2.53. The number of halogens is 1. The van der Waals surface area contributed by atoms with E-state index >= 15 is 0 Å². The summed E-state index contributed by atoms with van der Waals surface area (Å²) in [6.07, 6.45) is 5.09. The maximum absolute atomic E-state index is 12.1. The molecule has 0 N–H and O–H groups in total. The van der Waals surface area contributed by atoms with Crippen molar-refractivity contribution in [2.75, 3.05) is 0 Å². The number of rotatable bonds is 8. The Morgan fingerprint density at radius 1 is 1.19 bits per heavy atom. The van der Waals surface area contributed by atoms with E-state index in [0.717, 1.165) is 12.8 Å². The van der Waals surface area contributed by atoms with Gasteiger partial charge in [-0.3, -0.25) is 9.00 Å². The summed E-state index contributed by atoms with van der Waals surface area (Å²) in [7, 11) is -1.50. The minimum atomic E-state index is -1.50. The summed E-state index contributed by atoms with van der Waals surface area (Å²) < 4.78 is 11.1. The fourth-order valence-electron chi connectivity index (χ4n) is 1.73. The fraction of sp³-hybridized carbons (Fsp3) is 0.471. The number of ketones is 1. The van der Waals surface area contributed by atoms with Crippen LogP contribution in [0.3, 0.4) is 0 Å². The first-order valence-corrected chi connectivity index (χ1v) is 8.90. The zero-order valence-corrected chi connectivity index (χ0v) is 13.9. The number of carbonyl (C=O) groups excluding carboxylic acids is 1. The molecule has 0 bridgehead atoms. The molecular weight excluding hydrogens is 304 g/mol. The maximum atomic E-state index is 12.1. The number of benzene rings is 1. The van der Waals surface area contributed by atoms with Crippen molar-refractivity contribution < 1.29 is 9.00 Å². The molecule has 0 saturated carbocycles. The maximum Gasteiger partial charge on any atom is 0.171 e. The van der Waals surface area contributed by atoms with Gasteiger partial charge >= 0.3 is 0 Å². The first kappa shape index (κ1) is 17.9. The lowest BCUT2D eigenvalue weighted by Gasteiger charge is -2.07. The van der Waals surface area contributed by atoms with E-state index in [9.17, 15) is 9.00 Å². The van der Waals surface area contributed by atoms with Crippen LogP contribution in [0.2, 0.25) is 0 Å². The topological polar surface area (TPSA) is 34.1 Å². The van der Waals surface area contributed by atoms with Crippen LogP contribution in [0, 0.1) is 11.8 Å². The van der Waals surface area contributed by atoms with Crippen molar-refractivity contribution in [1.29, 1.82) is 0 Å². The van der Waals surface area contributed by atoms with Crippen LogP contribution in [-0.4, -0.2) is 14.7 Å². The molecule has 0 spiro atoms. The number of carbonyl (C=O) groups is 1. The molecule has 0 saturated heterocycles. The van der Waals surface area contributed by atoms with Gasteiger partial charge in [0, 0.05) is 24.2 Å². The van der Waals surface area contributed by atoms with Gasteiger partial charge in [0.25, 0.3) is 0 Å². The van der Waals surface area contributed by atoms with Crippen LogP contribution in [0.4, 0.5) is 0 Å². The van der Waals surface area contributed by atoms with E-state index in [0.29, 0.717) is 11.3 Å². The van der Waals surface area contributed by atoms with Crippen molar-refractivity contribution in [2.24, 2.45) is 0 Å². The van der Waals surface area contributed by atoms with Crippen LogP contribution in [0.1, 0.15) is 45.4 Å². The molecule has 1 aromatic rings. The van der Waals surface area contributed by atoms with Crippen molar-refractivity contribution in [1.82, 2.24) is 0 Å². The van der Waals surface area contributed by atoms with Crippen molar-refractivity contribution in [2.45, 2.75) is 55.1 Å². The van der Waals surface area contributed by atoms with Gasteiger partial charge in [0.05, 0.1) is 10.8 Å². The van der Waals surface area contributed by atoms with E-state index in [2.05, 4.69) is 18.8 Å². The minimum Gasteiger partial charge on any atom is -0.297 e. The second kappa shape index (κ2) is 10.6. The van der Waals surface area contributed by atoms with Crippen molar-refractivity contribution in [3.8, 4) is 11.8 Å². The zero-order chi connectivity index (χ0) is 15.5. The Bertz CT molecular complexity index is 517. The molecule has 4 heteroatoms. The third kappa shape index (κ3) is 6.93. The number of hydrogen-bond donors (Lipinski definition) is 0. The van der Waals surface area contributed by atoms with Crippen molar-refractivity contribution in [3.63, 3.8) is 0 Å². The van der Waals surface area contributed by atoms with E-state index in [1.165, 1.54) is 12.8 Å². The summed E-state index contributed by atoms with van der Waals surface area (Å²) in [5, 5.41) is 0. The fourth-order valence-corrected chi connectivity index (χ4v) is 3.17. The Morgan fingerprint density at radius 3 is 2.52 bits per heavy atom. The number of unbranched alkanes of at least 4 members (excludes halogenated alkanes) is 3. The third-order valence-corrected chi connectivity index (χ3v) is 5.05. The van der Waals surface area contributed by atoms with Crippen molar-refractivity contribution >= 4 is 28.2 Å². The highest BCUT2D eigenvalue weighted by Crippen LogP contribution is 2.16. The van der Waals surface area contributed by atoms with E-state index in [1.54, 1.807) is 24.3 Å². The van der Waals surface area contributed by atoms with E-state index in [4.69, 9.17) is 11.6 Å². The molecule has 2 atom stereocenters. The number of hydrogen-bond acceptors (Lipinski definition) is 2. The van der Waals surface area contributed by atoms with Gasteiger partial charge in [0.15, 0.2) is 10.5 Å². The lowest BCUT2D eigenvalue weighted by molar-refractivity contribution is -0.117. The Labute approximate surface area is 134 Å². The second-order valence-electron chi connectivity index (χ2n) is 4.70. The molecule has 1 aromatic carbocycles. The molecule has 0 aliphatic heterocycles. The number of Topliss-reactive ketones (excluding diaryl/α,β-unsaturated/α-hetero) is 1. The van der Waals surface area contributed by atoms with Crippen LogP contribution in [0.25, 0.3) is 0 Å². The van der Waals surface area contributed by atoms with E-state index < -0.39 is 15.5 Å². The van der Waals surface area contributed by atoms with Gasteiger partial charge in [-0.2, -0.15) is 0 Å². The summed E-state index contributed by atoms with van der Waals surface area (Å²) in [6.45, 7) is 2.15. The Balaban J connectivity index is 2.36. The predicted molar refractivity (Wildman–Crippen MR) is 88.7 cm³/mol. The molecule has 2 unspecified atom stereocenters. The molecule has 0 radical (unpaired) electrons. The molecule has 2 nitrogen and oxygen atoms in total. The molecular formula is C17H21ClO2S. The minimum absolute atomic E-state index is 0.207. The summed E-state index contributed by atoms with van der Waals surface area (Å²) >= 11 is 6.00. The standard InChI is InChI=1S/C17H21ClO2S/c1-2-3-4-5-6-7-11-14-16(19)17(18)21(20)15-12-9-8-10-13-15/h8-10,12-13,17H,2-5,11,14H2,1H3. The highest BCUT2D eigenvalue weighted by Gasteiger charge is 2.22. The number of alkyl halides is 1. The normalized spacial score (nSPS) is 13.0. The van der Waals surface area contributed by atoms with Gasteiger partial charge in [-0.1, -0.05) is 49.6 Å². The summed E-state index contributed by atoms with van der Waals surface area (Å²) in [6, 6.07) is 8.82. The molecule has 0 amide bonds. The molecule has 0 aliphatic rings. The summed E-state index contributed by atoms with van der Waals surface area (Å²) in [5.74, 6) is 5.83. The van der Waals surface area contributed by atoms with Gasteiger partial charge in [-0.05, 0) is 18.6 Å². The lowest BCUT2D eigenvalue weighted by Crippen LogP contribution is -2.19. The van der Waals surface area contributed by atoms with Crippen LogP contribution in [-0.2, 0) is 15.6 Å². The average molecular weight is 325 g/mol. The molecule has 0 aliphatic carbocycles.